The molecule has 64 valence electrons. The normalized spacial score (nSPS) is 14.8. The third kappa shape index (κ3) is 1.16. The molecule has 0 spiro atoms. The summed E-state index contributed by atoms with van der Waals surface area (Å²) in [5, 5.41) is 12.0. The Morgan fingerprint density at radius 3 is 2.92 bits per heavy atom. The van der Waals surface area contributed by atoms with Gasteiger partial charge < -0.3 is 10.4 Å². The number of carbonyl (C=O) groups is 1. The highest BCUT2D eigenvalue weighted by Gasteiger charge is 2.23. The van der Waals surface area contributed by atoms with E-state index in [2.05, 4.69) is 27.9 Å². The summed E-state index contributed by atoms with van der Waals surface area (Å²) in [6.07, 6.45) is 0. The Hall–Kier alpha value is -0.140. The molecule has 0 bridgehead atoms. The third-order valence-electron chi connectivity index (χ3n) is 1.81. The lowest BCUT2D eigenvalue weighted by Gasteiger charge is -1.92. The molecule has 1 aliphatic rings. The van der Waals surface area contributed by atoms with E-state index in [0.717, 1.165) is 16.7 Å². The number of hydrogen-bond acceptors (Lipinski definition) is 3. The Kier molecular flexibility index (Phi) is 2.09. The highest BCUT2D eigenvalue weighted by molar-refractivity contribution is 14.1. The van der Waals surface area contributed by atoms with Gasteiger partial charge in [0.25, 0.3) is 0 Å². The van der Waals surface area contributed by atoms with E-state index >= 15 is 0 Å². The molecule has 2 N–H and O–H groups in total. The number of nitrogens with one attached hydrogen (secondary N) is 1. The van der Waals surface area contributed by atoms with Crippen molar-refractivity contribution in [2.75, 3.05) is 0 Å². The first-order chi connectivity index (χ1) is 5.70. The van der Waals surface area contributed by atoms with Gasteiger partial charge in [-0.1, -0.05) is 0 Å². The fraction of sp³-hybridized carbons (Fsp3) is 0.286. The lowest BCUT2D eigenvalue weighted by molar-refractivity contribution is 0.0701. The van der Waals surface area contributed by atoms with Crippen LogP contribution in [0, 0.1) is 3.57 Å². The van der Waals surface area contributed by atoms with E-state index in [1.54, 1.807) is 0 Å². The zero-order valence-corrected chi connectivity index (χ0v) is 9.03. The average Bonchev–Trinajstić information content (AvgIpc) is 2.53. The minimum atomic E-state index is -0.807. The van der Waals surface area contributed by atoms with Crippen molar-refractivity contribution in [3.8, 4) is 0 Å². The topological polar surface area (TPSA) is 49.3 Å². The molecule has 0 unspecified atom stereocenters. The molecular formula is C7H6INO2S. The van der Waals surface area contributed by atoms with Gasteiger partial charge in [0.1, 0.15) is 4.88 Å². The van der Waals surface area contributed by atoms with Gasteiger partial charge in [-0.15, -0.1) is 11.3 Å². The van der Waals surface area contributed by atoms with Crippen molar-refractivity contribution in [3.05, 3.63) is 18.9 Å². The van der Waals surface area contributed by atoms with Crippen LogP contribution < -0.4 is 5.32 Å². The fourth-order valence-corrected chi connectivity index (χ4v) is 3.53. The van der Waals surface area contributed by atoms with Gasteiger partial charge in [-0.05, 0) is 28.2 Å². The zero-order valence-electron chi connectivity index (χ0n) is 6.06. The number of rotatable bonds is 1. The molecule has 1 aromatic rings. The van der Waals surface area contributed by atoms with Crippen LogP contribution in [0.4, 0.5) is 0 Å². The highest BCUT2D eigenvalue weighted by atomic mass is 127. The molecule has 0 aromatic carbocycles. The first kappa shape index (κ1) is 8.46. The van der Waals surface area contributed by atoms with Crippen molar-refractivity contribution in [2.24, 2.45) is 0 Å². The summed E-state index contributed by atoms with van der Waals surface area (Å²) in [4.78, 5) is 12.4. The van der Waals surface area contributed by atoms with Gasteiger partial charge in [0, 0.05) is 21.5 Å². The van der Waals surface area contributed by atoms with Crippen LogP contribution >= 0.6 is 33.9 Å². The van der Waals surface area contributed by atoms with Crippen LogP contribution in [0.3, 0.4) is 0 Å². The van der Waals surface area contributed by atoms with E-state index in [1.165, 1.54) is 21.8 Å². The van der Waals surface area contributed by atoms with E-state index in [0.29, 0.717) is 4.88 Å². The maximum absolute atomic E-state index is 10.7. The van der Waals surface area contributed by atoms with Crippen LogP contribution in [0.25, 0.3) is 0 Å². The van der Waals surface area contributed by atoms with E-state index in [4.69, 9.17) is 5.11 Å². The summed E-state index contributed by atoms with van der Waals surface area (Å²) in [6, 6.07) is 0. The maximum Gasteiger partial charge on any atom is 0.346 e. The molecule has 1 aliphatic heterocycles. The Labute approximate surface area is 86.9 Å². The van der Waals surface area contributed by atoms with Crippen molar-refractivity contribution >= 4 is 39.9 Å². The number of hydrogen-bond donors (Lipinski definition) is 2. The van der Waals surface area contributed by atoms with Gasteiger partial charge >= 0.3 is 5.97 Å². The monoisotopic (exact) mass is 295 g/mol. The Morgan fingerprint density at radius 2 is 2.33 bits per heavy atom. The quantitative estimate of drug-likeness (QED) is 0.775. The third-order valence-corrected chi connectivity index (χ3v) is 4.58. The zero-order chi connectivity index (χ0) is 8.72. The molecule has 0 atom stereocenters. The van der Waals surface area contributed by atoms with Gasteiger partial charge in [0.05, 0.1) is 0 Å². The van der Waals surface area contributed by atoms with E-state index in [9.17, 15) is 4.79 Å². The highest BCUT2D eigenvalue weighted by Crippen LogP contribution is 2.32. The largest absolute Gasteiger partial charge is 0.477 e. The van der Waals surface area contributed by atoms with Gasteiger partial charge in [0.2, 0.25) is 0 Å². The molecule has 0 aliphatic carbocycles. The summed E-state index contributed by atoms with van der Waals surface area (Å²) in [5.74, 6) is -0.807. The van der Waals surface area contributed by atoms with Crippen molar-refractivity contribution in [2.45, 2.75) is 13.1 Å². The SMILES string of the molecule is O=C(O)c1sc2c(c1I)CNC2. The van der Waals surface area contributed by atoms with Crippen molar-refractivity contribution in [1.29, 1.82) is 0 Å². The lowest BCUT2D eigenvalue weighted by Crippen LogP contribution is -2.03. The summed E-state index contributed by atoms with van der Waals surface area (Å²) in [7, 11) is 0. The molecular weight excluding hydrogens is 289 g/mol. The number of thiophene rings is 1. The van der Waals surface area contributed by atoms with Crippen LogP contribution in [0.15, 0.2) is 0 Å². The predicted octanol–water partition coefficient (Wildman–Crippen LogP) is 1.65. The van der Waals surface area contributed by atoms with E-state index in [1.807, 2.05) is 0 Å². The van der Waals surface area contributed by atoms with Crippen LogP contribution in [0.5, 0.6) is 0 Å². The number of carboxylic acid groups (broad SMARTS) is 1. The van der Waals surface area contributed by atoms with E-state index in [-0.39, 0.29) is 0 Å². The van der Waals surface area contributed by atoms with Gasteiger partial charge in [-0.2, -0.15) is 0 Å². The van der Waals surface area contributed by atoms with Gasteiger partial charge in [-0.25, -0.2) is 4.79 Å². The molecule has 5 heteroatoms. The first-order valence-electron chi connectivity index (χ1n) is 3.44. The lowest BCUT2D eigenvalue weighted by atomic mass is 10.3. The standard InChI is InChI=1S/C7H6INO2S/c8-5-3-1-9-2-4(3)12-6(5)7(10)11/h9H,1-2H2,(H,10,11). The second-order valence-electron chi connectivity index (χ2n) is 2.56. The Morgan fingerprint density at radius 1 is 1.58 bits per heavy atom. The molecule has 0 saturated carbocycles. The van der Waals surface area contributed by atoms with Crippen molar-refractivity contribution in [1.82, 2.24) is 5.32 Å². The van der Waals surface area contributed by atoms with Gasteiger partial charge in [0.15, 0.2) is 0 Å². The van der Waals surface area contributed by atoms with Gasteiger partial charge in [-0.3, -0.25) is 0 Å². The molecule has 0 radical (unpaired) electrons. The number of fused-ring (bicyclic) bond motifs is 1. The molecule has 2 heterocycles. The molecule has 0 saturated heterocycles. The van der Waals surface area contributed by atoms with E-state index < -0.39 is 5.97 Å². The Balaban J connectivity index is 2.54. The first-order valence-corrected chi connectivity index (χ1v) is 5.33. The number of carboxylic acids is 1. The summed E-state index contributed by atoms with van der Waals surface area (Å²) in [5.41, 5.74) is 1.18. The second-order valence-corrected chi connectivity index (χ2v) is 4.74. The van der Waals surface area contributed by atoms with Crippen molar-refractivity contribution < 1.29 is 9.90 Å². The Bertz CT molecular complexity index is 347. The predicted molar refractivity (Wildman–Crippen MR) is 54.5 cm³/mol. The minimum absolute atomic E-state index is 0.488. The molecule has 2 rings (SSSR count). The smallest absolute Gasteiger partial charge is 0.346 e. The summed E-state index contributed by atoms with van der Waals surface area (Å²) < 4.78 is 0.908. The number of aromatic carboxylic acids is 1. The molecule has 1 aromatic heterocycles. The van der Waals surface area contributed by atoms with Crippen LogP contribution in [-0.4, -0.2) is 11.1 Å². The minimum Gasteiger partial charge on any atom is -0.477 e. The number of halogens is 1. The molecule has 0 amide bonds. The average molecular weight is 295 g/mol. The second kappa shape index (κ2) is 2.97. The molecule has 0 fully saturated rings. The fourth-order valence-electron chi connectivity index (χ4n) is 1.25. The van der Waals surface area contributed by atoms with Crippen LogP contribution in [-0.2, 0) is 13.1 Å². The van der Waals surface area contributed by atoms with Crippen LogP contribution in [0.2, 0.25) is 0 Å². The summed E-state index contributed by atoms with van der Waals surface area (Å²) >= 11 is 3.49. The molecule has 12 heavy (non-hydrogen) atoms. The van der Waals surface area contributed by atoms with Crippen molar-refractivity contribution in [3.63, 3.8) is 0 Å². The summed E-state index contributed by atoms with van der Waals surface area (Å²) in [6.45, 7) is 1.64. The molecule has 3 nitrogen and oxygen atoms in total. The van der Waals surface area contributed by atoms with Crippen LogP contribution in [0.1, 0.15) is 20.1 Å². The maximum atomic E-state index is 10.7.